The number of hydrogen-bond donors (Lipinski definition) is 0. The van der Waals surface area contributed by atoms with E-state index in [1.54, 1.807) is 0 Å². The first kappa shape index (κ1) is 6.67. The Bertz CT molecular complexity index is 232. The van der Waals surface area contributed by atoms with E-state index in [0.717, 1.165) is 0 Å². The second kappa shape index (κ2) is 1.76. The van der Waals surface area contributed by atoms with Crippen molar-refractivity contribution in [2.45, 2.75) is 0 Å². The average Bonchev–Trinajstić information content (AvgIpc) is 1.79. The molecule has 1 aliphatic heterocycles. The van der Waals surface area contributed by atoms with E-state index in [1.165, 1.54) is 0 Å². The molecule has 1 heterocycles. The Hall–Kier alpha value is -0.450. The fourth-order valence-corrected chi connectivity index (χ4v) is 1.78. The molecule has 0 aliphatic carbocycles. The molecule has 0 saturated carbocycles. The Kier molecular flexibility index (Phi) is 1.31. The predicted molar refractivity (Wildman–Crippen MR) is 27.9 cm³/mol. The first-order valence-electron chi connectivity index (χ1n) is 2.25. The molecule has 0 aromatic carbocycles. The van der Waals surface area contributed by atoms with Gasteiger partial charge in [-0.2, -0.15) is 0 Å². The van der Waals surface area contributed by atoms with Crippen molar-refractivity contribution in [1.82, 2.24) is 0 Å². The van der Waals surface area contributed by atoms with Crippen LogP contribution in [-0.2, 0) is 9.84 Å². The van der Waals surface area contributed by atoms with Crippen LogP contribution in [0.4, 0.5) is 8.78 Å². The summed E-state index contributed by atoms with van der Waals surface area (Å²) in [5.74, 6) is -3.82. The average molecular weight is 154 g/mol. The van der Waals surface area contributed by atoms with Gasteiger partial charge >= 0.3 is 0 Å². The van der Waals surface area contributed by atoms with E-state index >= 15 is 0 Å². The molecule has 0 fully saturated rings. The molecule has 0 saturated heterocycles. The van der Waals surface area contributed by atoms with Gasteiger partial charge in [-0.05, 0) is 0 Å². The van der Waals surface area contributed by atoms with Crippen molar-refractivity contribution < 1.29 is 17.2 Å². The zero-order valence-corrected chi connectivity index (χ0v) is 5.21. The Labute approximate surface area is 51.1 Å². The summed E-state index contributed by atoms with van der Waals surface area (Å²) in [4.78, 5) is 0. The van der Waals surface area contributed by atoms with Crippen molar-refractivity contribution in [3.63, 3.8) is 0 Å². The number of hydrogen-bond acceptors (Lipinski definition) is 2. The second-order valence-electron chi connectivity index (χ2n) is 1.84. The highest BCUT2D eigenvalue weighted by atomic mass is 32.2. The number of sulfone groups is 1. The molecular weight excluding hydrogens is 150 g/mol. The zero-order valence-electron chi connectivity index (χ0n) is 4.39. The highest BCUT2D eigenvalue weighted by Gasteiger charge is 2.27. The minimum absolute atomic E-state index is 0.765. The van der Waals surface area contributed by atoms with Gasteiger partial charge in [-0.1, -0.05) is 0 Å². The topological polar surface area (TPSA) is 34.1 Å². The van der Waals surface area contributed by atoms with Crippen LogP contribution in [0.1, 0.15) is 0 Å². The van der Waals surface area contributed by atoms with Gasteiger partial charge in [0.2, 0.25) is 0 Å². The summed E-state index contributed by atoms with van der Waals surface area (Å²) in [6, 6.07) is 0. The Morgan fingerprint density at radius 2 is 1.44 bits per heavy atom. The zero-order chi connectivity index (χ0) is 7.07. The SMILES string of the molecule is O=S1(=O)CC(F)=C(F)C1. The molecule has 0 bridgehead atoms. The minimum atomic E-state index is -3.47. The van der Waals surface area contributed by atoms with Gasteiger partial charge in [0.25, 0.3) is 0 Å². The van der Waals surface area contributed by atoms with Gasteiger partial charge in [0.05, 0.1) is 0 Å². The first-order chi connectivity index (χ1) is 4.01. The summed E-state index contributed by atoms with van der Waals surface area (Å²) in [7, 11) is -3.47. The van der Waals surface area contributed by atoms with Crippen LogP contribution in [0.3, 0.4) is 0 Å². The first-order valence-corrected chi connectivity index (χ1v) is 4.07. The van der Waals surface area contributed by atoms with Crippen LogP contribution in [0.5, 0.6) is 0 Å². The van der Waals surface area contributed by atoms with Crippen LogP contribution in [-0.4, -0.2) is 19.9 Å². The van der Waals surface area contributed by atoms with Gasteiger partial charge < -0.3 is 0 Å². The van der Waals surface area contributed by atoms with Gasteiger partial charge in [0, 0.05) is 0 Å². The lowest BCUT2D eigenvalue weighted by Crippen LogP contribution is -2.02. The monoisotopic (exact) mass is 154 g/mol. The summed E-state index contributed by atoms with van der Waals surface area (Å²) < 4.78 is 44.5. The van der Waals surface area contributed by atoms with Crippen LogP contribution in [0.25, 0.3) is 0 Å². The normalized spacial score (nSPS) is 25.1. The minimum Gasteiger partial charge on any atom is -0.228 e. The van der Waals surface area contributed by atoms with Gasteiger partial charge in [0.15, 0.2) is 9.84 Å². The maximum absolute atomic E-state index is 11.9. The van der Waals surface area contributed by atoms with E-state index in [0.29, 0.717) is 0 Å². The van der Waals surface area contributed by atoms with E-state index in [9.17, 15) is 17.2 Å². The third-order valence-corrected chi connectivity index (χ3v) is 2.37. The molecule has 5 heteroatoms. The van der Waals surface area contributed by atoms with Gasteiger partial charge in [-0.25, -0.2) is 17.2 Å². The van der Waals surface area contributed by atoms with E-state index < -0.39 is 33.0 Å². The van der Waals surface area contributed by atoms with Crippen LogP contribution >= 0.6 is 0 Å². The molecule has 0 unspecified atom stereocenters. The van der Waals surface area contributed by atoms with Crippen molar-refractivity contribution in [3.05, 3.63) is 11.7 Å². The van der Waals surface area contributed by atoms with Crippen molar-refractivity contribution in [1.29, 1.82) is 0 Å². The van der Waals surface area contributed by atoms with Crippen LogP contribution in [0.15, 0.2) is 11.7 Å². The van der Waals surface area contributed by atoms with Gasteiger partial charge in [-0.15, -0.1) is 0 Å². The highest BCUT2D eigenvalue weighted by molar-refractivity contribution is 7.92. The summed E-state index contributed by atoms with van der Waals surface area (Å²) in [5.41, 5.74) is 0. The van der Waals surface area contributed by atoms with Crippen LogP contribution < -0.4 is 0 Å². The molecule has 0 aromatic heterocycles. The molecule has 52 valence electrons. The van der Waals surface area contributed by atoms with E-state index in [-0.39, 0.29) is 0 Å². The molecule has 9 heavy (non-hydrogen) atoms. The molecule has 1 aliphatic rings. The number of rotatable bonds is 0. The lowest BCUT2D eigenvalue weighted by Gasteiger charge is -1.83. The molecule has 0 amide bonds. The van der Waals surface area contributed by atoms with Crippen molar-refractivity contribution in [3.8, 4) is 0 Å². The molecule has 2 nitrogen and oxygen atoms in total. The van der Waals surface area contributed by atoms with E-state index in [4.69, 9.17) is 0 Å². The summed E-state index contributed by atoms with van der Waals surface area (Å²) in [5, 5.41) is 0. The number of halogens is 2. The highest BCUT2D eigenvalue weighted by Crippen LogP contribution is 2.20. The molecule has 1 rings (SSSR count). The van der Waals surface area contributed by atoms with Crippen molar-refractivity contribution in [2.75, 3.05) is 11.5 Å². The molecule has 0 atom stereocenters. The fourth-order valence-electron chi connectivity index (χ4n) is 0.594. The van der Waals surface area contributed by atoms with Crippen LogP contribution in [0.2, 0.25) is 0 Å². The van der Waals surface area contributed by atoms with Crippen molar-refractivity contribution >= 4 is 9.84 Å². The second-order valence-corrected chi connectivity index (χ2v) is 3.91. The quantitative estimate of drug-likeness (QED) is 0.511. The molecule has 0 N–H and O–H groups in total. The fraction of sp³-hybridized carbons (Fsp3) is 0.500. The van der Waals surface area contributed by atoms with Crippen molar-refractivity contribution in [2.24, 2.45) is 0 Å². The smallest absolute Gasteiger partial charge is 0.163 e. The third kappa shape index (κ3) is 1.27. The Morgan fingerprint density at radius 3 is 1.56 bits per heavy atom. The molecule has 0 radical (unpaired) electrons. The molecular formula is C4H4F2O2S. The summed E-state index contributed by atoms with van der Waals surface area (Å²) >= 11 is 0. The van der Waals surface area contributed by atoms with E-state index in [2.05, 4.69) is 0 Å². The van der Waals surface area contributed by atoms with E-state index in [1.807, 2.05) is 0 Å². The lowest BCUT2D eigenvalue weighted by atomic mass is 10.5. The lowest BCUT2D eigenvalue weighted by molar-refractivity contribution is 0.552. The molecule has 0 spiro atoms. The maximum atomic E-state index is 11.9. The predicted octanol–water partition coefficient (Wildman–Crippen LogP) is 0.565. The third-order valence-electron chi connectivity index (χ3n) is 0.988. The largest absolute Gasteiger partial charge is 0.228 e. The molecule has 0 aromatic rings. The van der Waals surface area contributed by atoms with Gasteiger partial charge in [-0.3, -0.25) is 0 Å². The van der Waals surface area contributed by atoms with Crippen LogP contribution in [0, 0.1) is 0 Å². The summed E-state index contributed by atoms with van der Waals surface area (Å²) in [6.45, 7) is 0. The Balaban J connectivity index is 2.95. The van der Waals surface area contributed by atoms with Gasteiger partial charge in [0.1, 0.15) is 23.2 Å². The Morgan fingerprint density at radius 1 is 1.11 bits per heavy atom. The summed E-state index contributed by atoms with van der Waals surface area (Å²) in [6.07, 6.45) is 0. The standard InChI is InChI=1S/C4H4F2O2S/c5-3-1-9(7,8)2-4(3)6/h1-2H2. The maximum Gasteiger partial charge on any atom is 0.163 e.